The molecule has 2 aliphatic heterocycles. The number of ether oxygens (including phenoxy) is 2. The van der Waals surface area contributed by atoms with Crippen LogP contribution in [0.25, 0.3) is 0 Å². The Bertz CT molecular complexity index is 566. The quantitative estimate of drug-likeness (QED) is 0.811. The Morgan fingerprint density at radius 2 is 1.74 bits per heavy atom. The number of amides is 2. The minimum Gasteiger partial charge on any atom is -0.376 e. The Labute approximate surface area is 161 Å². The van der Waals surface area contributed by atoms with Crippen LogP contribution in [0.15, 0.2) is 0 Å². The van der Waals surface area contributed by atoms with E-state index in [1.54, 1.807) is 0 Å². The summed E-state index contributed by atoms with van der Waals surface area (Å²) in [5, 5.41) is 3.02. The van der Waals surface area contributed by atoms with Crippen LogP contribution in [0.2, 0.25) is 0 Å². The van der Waals surface area contributed by atoms with Crippen LogP contribution in [0.4, 0.5) is 0 Å². The maximum Gasteiger partial charge on any atom is 0.242 e. The molecule has 4 aliphatic carbocycles. The standard InChI is InChI=1S/C21H32N2O4/c24-19(22-12-17-13-26-4-5-27-17)18-2-1-3-23(18)20(25)21-9-14-6-15(10-21)8-16(7-14)11-21/h14-18H,1-13H2,(H,22,24)/t14?,15?,16?,17-,18+,21?/m0/s1. The number of hydrogen-bond acceptors (Lipinski definition) is 4. The summed E-state index contributed by atoms with van der Waals surface area (Å²) in [4.78, 5) is 28.4. The van der Waals surface area contributed by atoms with E-state index in [0.29, 0.717) is 26.4 Å². The van der Waals surface area contributed by atoms with Gasteiger partial charge in [-0.1, -0.05) is 0 Å². The molecule has 0 aromatic carbocycles. The summed E-state index contributed by atoms with van der Waals surface area (Å²) in [6, 6.07) is -0.296. The van der Waals surface area contributed by atoms with Crippen LogP contribution in [0.5, 0.6) is 0 Å². The fourth-order valence-corrected chi connectivity index (χ4v) is 6.95. The highest BCUT2D eigenvalue weighted by molar-refractivity contribution is 5.91. The highest BCUT2D eigenvalue weighted by Gasteiger charge is 2.56. The highest BCUT2D eigenvalue weighted by atomic mass is 16.6. The van der Waals surface area contributed by atoms with Gasteiger partial charge in [-0.3, -0.25) is 9.59 Å². The van der Waals surface area contributed by atoms with Gasteiger partial charge in [0.1, 0.15) is 6.04 Å². The molecule has 6 rings (SSSR count). The Balaban J connectivity index is 1.24. The molecule has 4 saturated carbocycles. The molecule has 2 heterocycles. The van der Waals surface area contributed by atoms with Gasteiger partial charge < -0.3 is 19.7 Å². The lowest BCUT2D eigenvalue weighted by Crippen LogP contribution is -2.57. The molecular formula is C21H32N2O4. The number of likely N-dealkylation sites (tertiary alicyclic amines) is 1. The van der Waals surface area contributed by atoms with Crippen molar-refractivity contribution >= 4 is 11.8 Å². The number of carbonyl (C=O) groups excluding carboxylic acids is 2. The van der Waals surface area contributed by atoms with Crippen molar-refractivity contribution in [2.75, 3.05) is 32.9 Å². The van der Waals surface area contributed by atoms with Crippen LogP contribution in [0.1, 0.15) is 51.4 Å². The van der Waals surface area contributed by atoms with Gasteiger partial charge >= 0.3 is 0 Å². The van der Waals surface area contributed by atoms with E-state index in [4.69, 9.17) is 9.47 Å². The van der Waals surface area contributed by atoms with E-state index in [1.165, 1.54) is 19.3 Å². The number of carbonyl (C=O) groups is 2. The van der Waals surface area contributed by atoms with E-state index in [-0.39, 0.29) is 29.4 Å². The summed E-state index contributed by atoms with van der Waals surface area (Å²) >= 11 is 0. The van der Waals surface area contributed by atoms with Gasteiger partial charge in [-0.05, 0) is 69.1 Å². The zero-order chi connectivity index (χ0) is 18.4. The minimum atomic E-state index is -0.296. The lowest BCUT2D eigenvalue weighted by atomic mass is 9.49. The third-order valence-electron chi connectivity index (χ3n) is 7.70. The van der Waals surface area contributed by atoms with Gasteiger partial charge in [0.25, 0.3) is 0 Å². The van der Waals surface area contributed by atoms with Crippen LogP contribution in [-0.2, 0) is 19.1 Å². The van der Waals surface area contributed by atoms with Gasteiger partial charge in [-0.25, -0.2) is 0 Å². The molecule has 27 heavy (non-hydrogen) atoms. The monoisotopic (exact) mass is 376 g/mol. The predicted octanol–water partition coefficient (Wildman–Crippen LogP) is 1.73. The molecule has 0 aromatic rings. The summed E-state index contributed by atoms with van der Waals surface area (Å²) in [6.45, 7) is 2.94. The molecule has 1 N–H and O–H groups in total. The summed E-state index contributed by atoms with van der Waals surface area (Å²) in [5.74, 6) is 2.52. The lowest BCUT2D eigenvalue weighted by Gasteiger charge is -2.56. The van der Waals surface area contributed by atoms with Gasteiger partial charge in [0.05, 0.1) is 31.3 Å². The topological polar surface area (TPSA) is 67.9 Å². The van der Waals surface area contributed by atoms with Crippen molar-refractivity contribution in [3.8, 4) is 0 Å². The summed E-state index contributed by atoms with van der Waals surface area (Å²) in [6.07, 6.45) is 8.84. The smallest absolute Gasteiger partial charge is 0.242 e. The summed E-state index contributed by atoms with van der Waals surface area (Å²) in [7, 11) is 0. The first-order chi connectivity index (χ1) is 13.1. The molecule has 2 atom stereocenters. The average molecular weight is 376 g/mol. The molecule has 6 aliphatic rings. The second kappa shape index (κ2) is 7.03. The first kappa shape index (κ1) is 17.9. The Morgan fingerprint density at radius 3 is 2.37 bits per heavy atom. The zero-order valence-electron chi connectivity index (χ0n) is 16.2. The molecule has 0 unspecified atom stereocenters. The lowest BCUT2D eigenvalue weighted by molar-refractivity contribution is -0.160. The maximum absolute atomic E-state index is 13.6. The van der Waals surface area contributed by atoms with Gasteiger partial charge in [0, 0.05) is 13.1 Å². The van der Waals surface area contributed by atoms with E-state index in [2.05, 4.69) is 5.32 Å². The van der Waals surface area contributed by atoms with Gasteiger partial charge in [-0.2, -0.15) is 0 Å². The van der Waals surface area contributed by atoms with Crippen molar-refractivity contribution in [2.24, 2.45) is 23.2 Å². The van der Waals surface area contributed by atoms with Crippen molar-refractivity contribution in [3.05, 3.63) is 0 Å². The van der Waals surface area contributed by atoms with Crippen molar-refractivity contribution in [3.63, 3.8) is 0 Å². The highest BCUT2D eigenvalue weighted by Crippen LogP contribution is 2.60. The van der Waals surface area contributed by atoms with Crippen molar-refractivity contribution in [1.29, 1.82) is 0 Å². The van der Waals surface area contributed by atoms with Crippen molar-refractivity contribution < 1.29 is 19.1 Å². The SMILES string of the molecule is O=C(NC[C@H]1COCCO1)[C@H]1CCCN1C(=O)C12CC3CC(CC(C3)C1)C2. The number of rotatable bonds is 4. The fourth-order valence-electron chi connectivity index (χ4n) is 6.95. The van der Waals surface area contributed by atoms with Gasteiger partial charge in [-0.15, -0.1) is 0 Å². The maximum atomic E-state index is 13.6. The molecule has 2 amide bonds. The number of nitrogens with one attached hydrogen (secondary N) is 1. The summed E-state index contributed by atoms with van der Waals surface area (Å²) < 4.78 is 11.0. The largest absolute Gasteiger partial charge is 0.376 e. The van der Waals surface area contributed by atoms with Crippen LogP contribution in [-0.4, -0.2) is 61.8 Å². The van der Waals surface area contributed by atoms with Crippen LogP contribution >= 0.6 is 0 Å². The van der Waals surface area contributed by atoms with Crippen LogP contribution in [0, 0.1) is 23.2 Å². The number of hydrogen-bond donors (Lipinski definition) is 1. The molecule has 150 valence electrons. The first-order valence-electron chi connectivity index (χ1n) is 10.9. The second-order valence-corrected chi connectivity index (χ2v) is 9.67. The zero-order valence-corrected chi connectivity index (χ0v) is 16.2. The molecular weight excluding hydrogens is 344 g/mol. The summed E-state index contributed by atoms with van der Waals surface area (Å²) in [5.41, 5.74) is -0.155. The molecule has 0 radical (unpaired) electrons. The van der Waals surface area contributed by atoms with E-state index >= 15 is 0 Å². The second-order valence-electron chi connectivity index (χ2n) is 9.67. The molecule has 6 nitrogen and oxygen atoms in total. The minimum absolute atomic E-state index is 0.0141. The third kappa shape index (κ3) is 3.29. The van der Waals surface area contributed by atoms with E-state index < -0.39 is 0 Å². The van der Waals surface area contributed by atoms with Gasteiger partial charge in [0.2, 0.25) is 11.8 Å². The Morgan fingerprint density at radius 1 is 1.04 bits per heavy atom. The van der Waals surface area contributed by atoms with Crippen molar-refractivity contribution in [1.82, 2.24) is 10.2 Å². The van der Waals surface area contributed by atoms with E-state index in [0.717, 1.165) is 56.4 Å². The van der Waals surface area contributed by atoms with Gasteiger partial charge in [0.15, 0.2) is 0 Å². The molecule has 6 heteroatoms. The Kier molecular flexibility index (Phi) is 4.67. The third-order valence-corrected chi connectivity index (χ3v) is 7.70. The number of nitrogens with zero attached hydrogens (tertiary/aromatic N) is 1. The first-order valence-corrected chi connectivity index (χ1v) is 10.9. The normalized spacial score (nSPS) is 43.1. The molecule has 4 bridgehead atoms. The molecule has 0 aromatic heterocycles. The van der Waals surface area contributed by atoms with Crippen LogP contribution < -0.4 is 5.32 Å². The predicted molar refractivity (Wildman–Crippen MR) is 98.9 cm³/mol. The molecule has 2 saturated heterocycles. The Hall–Kier alpha value is -1.14. The average Bonchev–Trinajstić information content (AvgIpc) is 3.15. The van der Waals surface area contributed by atoms with E-state index in [9.17, 15) is 9.59 Å². The van der Waals surface area contributed by atoms with Crippen LogP contribution in [0.3, 0.4) is 0 Å². The molecule has 0 spiro atoms. The van der Waals surface area contributed by atoms with Crippen molar-refractivity contribution in [2.45, 2.75) is 63.5 Å². The molecule has 6 fully saturated rings. The fraction of sp³-hybridized carbons (Fsp3) is 0.905. The van der Waals surface area contributed by atoms with E-state index in [1.807, 2.05) is 4.90 Å².